The van der Waals surface area contributed by atoms with Crippen LogP contribution in [-0.4, -0.2) is 76.2 Å². The van der Waals surface area contributed by atoms with E-state index in [0.29, 0.717) is 13.0 Å². The minimum Gasteiger partial charge on any atom is -0.480 e. The molecule has 0 aromatic heterocycles. The van der Waals surface area contributed by atoms with Crippen molar-refractivity contribution in [1.82, 2.24) is 15.1 Å². The van der Waals surface area contributed by atoms with Gasteiger partial charge >= 0.3 is 12.0 Å². The molecule has 3 N–H and O–H groups in total. The Morgan fingerprint density at radius 1 is 1.14 bits per heavy atom. The van der Waals surface area contributed by atoms with Crippen LogP contribution in [0, 0.1) is 0 Å². The van der Waals surface area contributed by atoms with E-state index in [0.717, 1.165) is 17.7 Å². The summed E-state index contributed by atoms with van der Waals surface area (Å²) in [6.45, 7) is 0.419. The topological polar surface area (TPSA) is 110 Å². The van der Waals surface area contributed by atoms with E-state index < -0.39 is 30.2 Å². The maximum Gasteiger partial charge on any atom is 0.326 e. The third-order valence-electron chi connectivity index (χ3n) is 4.11. The van der Waals surface area contributed by atoms with Gasteiger partial charge in [-0.1, -0.05) is 0 Å². The van der Waals surface area contributed by atoms with Crippen LogP contribution in [0.3, 0.4) is 0 Å². The molecule has 2 aliphatic rings. The molecule has 0 spiro atoms. The number of nitrogens with one attached hydrogen (secondary N) is 1. The Morgan fingerprint density at radius 3 is 2.48 bits per heavy atom. The maximum atomic E-state index is 12.6. The number of nitrogens with zero attached hydrogens (tertiary/aromatic N) is 2. The highest BCUT2D eigenvalue weighted by Gasteiger charge is 2.43. The highest BCUT2D eigenvalue weighted by molar-refractivity contribution is 5.89. The van der Waals surface area contributed by atoms with Crippen molar-refractivity contribution in [2.45, 2.75) is 43.9 Å². The standard InChI is InChI=1S/C13H21N3O5/c1-14-11(18)9-4-2-3-5-15(9)13(21)16-7-8(17)6-10(16)12(19)20/h8-10,17H,2-7H2,1H3,(H,14,18)(H,19,20)/t8-,9?,10+/m1/s1. The average molecular weight is 299 g/mol. The largest absolute Gasteiger partial charge is 0.480 e. The Kier molecular flexibility index (Phi) is 4.66. The zero-order chi connectivity index (χ0) is 15.6. The van der Waals surface area contributed by atoms with E-state index in [9.17, 15) is 19.5 Å². The van der Waals surface area contributed by atoms with Gasteiger partial charge in [-0.25, -0.2) is 9.59 Å². The van der Waals surface area contributed by atoms with Crippen molar-refractivity contribution >= 4 is 17.9 Å². The van der Waals surface area contributed by atoms with Gasteiger partial charge in [-0.05, 0) is 19.3 Å². The van der Waals surface area contributed by atoms with Crippen LogP contribution in [0.4, 0.5) is 4.79 Å². The molecular weight excluding hydrogens is 278 g/mol. The van der Waals surface area contributed by atoms with Crippen LogP contribution in [0.5, 0.6) is 0 Å². The predicted molar refractivity (Wildman–Crippen MR) is 72.6 cm³/mol. The van der Waals surface area contributed by atoms with Crippen molar-refractivity contribution in [3.63, 3.8) is 0 Å². The van der Waals surface area contributed by atoms with Crippen LogP contribution in [0.2, 0.25) is 0 Å². The van der Waals surface area contributed by atoms with Crippen LogP contribution < -0.4 is 5.32 Å². The molecule has 1 unspecified atom stereocenters. The highest BCUT2D eigenvalue weighted by atomic mass is 16.4. The summed E-state index contributed by atoms with van der Waals surface area (Å²) in [5, 5.41) is 21.3. The number of aliphatic carboxylic acids is 1. The van der Waals surface area contributed by atoms with Crippen LogP contribution in [0.15, 0.2) is 0 Å². The van der Waals surface area contributed by atoms with Gasteiger partial charge in [0.2, 0.25) is 5.91 Å². The molecule has 0 aromatic rings. The molecule has 118 valence electrons. The number of carboxylic acid groups (broad SMARTS) is 1. The zero-order valence-corrected chi connectivity index (χ0v) is 12.0. The number of rotatable bonds is 2. The number of carbonyl (C=O) groups excluding carboxylic acids is 2. The number of likely N-dealkylation sites (N-methyl/N-ethyl adjacent to an activating group) is 1. The van der Waals surface area contributed by atoms with Gasteiger partial charge in [0, 0.05) is 26.6 Å². The van der Waals surface area contributed by atoms with E-state index in [1.54, 1.807) is 0 Å². The fourth-order valence-electron chi connectivity index (χ4n) is 3.02. The zero-order valence-electron chi connectivity index (χ0n) is 12.0. The van der Waals surface area contributed by atoms with Crippen molar-refractivity contribution in [3.05, 3.63) is 0 Å². The number of aliphatic hydroxyl groups excluding tert-OH is 1. The van der Waals surface area contributed by atoms with Gasteiger partial charge < -0.3 is 25.3 Å². The summed E-state index contributed by atoms with van der Waals surface area (Å²) < 4.78 is 0. The van der Waals surface area contributed by atoms with Crippen LogP contribution in [-0.2, 0) is 9.59 Å². The molecule has 2 rings (SSSR count). The van der Waals surface area contributed by atoms with Gasteiger partial charge in [0.15, 0.2) is 0 Å². The maximum absolute atomic E-state index is 12.6. The normalized spacial score (nSPS) is 29.3. The number of hydrogen-bond donors (Lipinski definition) is 3. The first-order valence-corrected chi connectivity index (χ1v) is 7.15. The quantitative estimate of drug-likeness (QED) is 0.620. The molecule has 3 atom stereocenters. The number of piperidine rings is 1. The van der Waals surface area contributed by atoms with E-state index in [-0.39, 0.29) is 18.9 Å². The Bertz CT molecular complexity index is 442. The number of β-amino-alcohol motifs (C(OH)–C–C–N with tert-alkyl or cyclic N) is 1. The van der Waals surface area contributed by atoms with E-state index in [1.807, 2.05) is 0 Å². The first-order chi connectivity index (χ1) is 9.95. The first-order valence-electron chi connectivity index (χ1n) is 7.15. The fraction of sp³-hybridized carbons (Fsp3) is 0.769. The first kappa shape index (κ1) is 15.6. The van der Waals surface area contributed by atoms with E-state index in [1.165, 1.54) is 11.9 Å². The molecule has 2 saturated heterocycles. The molecule has 0 radical (unpaired) electrons. The molecule has 8 heteroatoms. The molecule has 21 heavy (non-hydrogen) atoms. The van der Waals surface area contributed by atoms with Gasteiger partial charge in [-0.15, -0.1) is 0 Å². The van der Waals surface area contributed by atoms with Crippen molar-refractivity contribution in [2.24, 2.45) is 0 Å². The number of hydrogen-bond acceptors (Lipinski definition) is 4. The lowest BCUT2D eigenvalue weighted by Gasteiger charge is -2.37. The molecule has 3 amide bonds. The van der Waals surface area contributed by atoms with Crippen molar-refractivity contribution in [3.8, 4) is 0 Å². The van der Waals surface area contributed by atoms with Crippen LogP contribution in [0.1, 0.15) is 25.7 Å². The van der Waals surface area contributed by atoms with Crippen molar-refractivity contribution < 1.29 is 24.6 Å². The van der Waals surface area contributed by atoms with Crippen LogP contribution >= 0.6 is 0 Å². The minimum atomic E-state index is -1.13. The molecule has 2 aliphatic heterocycles. The Hall–Kier alpha value is -1.83. The summed E-state index contributed by atoms with van der Waals surface area (Å²) in [6, 6.07) is -2.07. The van der Waals surface area contributed by atoms with Crippen LogP contribution in [0.25, 0.3) is 0 Å². The third-order valence-corrected chi connectivity index (χ3v) is 4.11. The van der Waals surface area contributed by atoms with Gasteiger partial charge in [-0.2, -0.15) is 0 Å². The summed E-state index contributed by atoms with van der Waals surface area (Å²) in [7, 11) is 1.51. The number of urea groups is 1. The van der Waals surface area contributed by atoms with Gasteiger partial charge in [0.25, 0.3) is 0 Å². The molecule has 0 saturated carbocycles. The Morgan fingerprint density at radius 2 is 1.86 bits per heavy atom. The minimum absolute atomic E-state index is 0.00718. The van der Waals surface area contributed by atoms with Crippen molar-refractivity contribution in [1.29, 1.82) is 0 Å². The SMILES string of the molecule is CNC(=O)C1CCCCN1C(=O)N1C[C@H](O)C[C@H]1C(=O)O. The summed E-state index contributed by atoms with van der Waals surface area (Å²) in [5.74, 6) is -1.37. The number of carbonyl (C=O) groups is 3. The summed E-state index contributed by atoms with van der Waals surface area (Å²) in [6.07, 6.45) is 1.40. The lowest BCUT2D eigenvalue weighted by molar-refractivity contribution is -0.141. The number of likely N-dealkylation sites (tertiary alicyclic amines) is 2. The van der Waals surface area contributed by atoms with E-state index in [2.05, 4.69) is 5.32 Å². The number of carboxylic acids is 1. The highest BCUT2D eigenvalue weighted by Crippen LogP contribution is 2.24. The monoisotopic (exact) mass is 299 g/mol. The van der Waals surface area contributed by atoms with Gasteiger partial charge in [0.05, 0.1) is 6.10 Å². The predicted octanol–water partition coefficient (Wildman–Crippen LogP) is -0.773. The molecule has 0 bridgehead atoms. The Labute approximate surface area is 122 Å². The Balaban J connectivity index is 2.16. The molecule has 8 nitrogen and oxygen atoms in total. The molecule has 2 fully saturated rings. The van der Waals surface area contributed by atoms with Gasteiger partial charge in [-0.3, -0.25) is 4.79 Å². The number of aliphatic hydroxyl groups is 1. The average Bonchev–Trinajstić information content (AvgIpc) is 2.88. The molecule has 0 aliphatic carbocycles. The van der Waals surface area contributed by atoms with E-state index >= 15 is 0 Å². The second-order valence-corrected chi connectivity index (χ2v) is 5.50. The number of amides is 3. The third kappa shape index (κ3) is 3.10. The smallest absolute Gasteiger partial charge is 0.326 e. The van der Waals surface area contributed by atoms with E-state index in [4.69, 9.17) is 5.11 Å². The molecule has 0 aromatic carbocycles. The second-order valence-electron chi connectivity index (χ2n) is 5.50. The second kappa shape index (κ2) is 6.30. The van der Waals surface area contributed by atoms with Crippen molar-refractivity contribution in [2.75, 3.05) is 20.1 Å². The molecular formula is C13H21N3O5. The summed E-state index contributed by atoms with van der Waals surface area (Å²) >= 11 is 0. The summed E-state index contributed by atoms with van der Waals surface area (Å²) in [5.41, 5.74) is 0. The lowest BCUT2D eigenvalue weighted by Crippen LogP contribution is -2.57. The lowest BCUT2D eigenvalue weighted by atomic mass is 10.0. The molecule has 2 heterocycles. The fourth-order valence-corrected chi connectivity index (χ4v) is 3.02. The van der Waals surface area contributed by atoms with Gasteiger partial charge in [0.1, 0.15) is 12.1 Å². The summed E-state index contributed by atoms with van der Waals surface area (Å²) in [4.78, 5) is 38.3.